The first-order chi connectivity index (χ1) is 14.0. The minimum Gasteiger partial charge on any atom is -0.497 e. The number of benzene rings is 2. The number of piperazine rings is 1. The van der Waals surface area contributed by atoms with Crippen LogP contribution in [0.5, 0.6) is 11.5 Å². The number of ether oxygens (including phenoxy) is 2. The van der Waals surface area contributed by atoms with Crippen molar-refractivity contribution in [3.63, 3.8) is 0 Å². The number of rotatable bonds is 8. The highest BCUT2D eigenvalue weighted by Crippen LogP contribution is 2.17. The quantitative estimate of drug-likeness (QED) is 0.737. The molecule has 7 heteroatoms. The van der Waals surface area contributed by atoms with Crippen molar-refractivity contribution in [2.45, 2.75) is 13.0 Å². The number of methoxy groups -OCH3 is 1. The average Bonchev–Trinajstić information content (AvgIpc) is 2.74. The van der Waals surface area contributed by atoms with Crippen LogP contribution in [0.15, 0.2) is 48.5 Å². The van der Waals surface area contributed by atoms with Crippen LogP contribution in [0.2, 0.25) is 0 Å². The molecule has 1 heterocycles. The molecule has 2 aromatic carbocycles. The van der Waals surface area contributed by atoms with Gasteiger partial charge in [0, 0.05) is 38.4 Å². The molecule has 6 nitrogen and oxygen atoms in total. The summed E-state index contributed by atoms with van der Waals surface area (Å²) < 4.78 is 24.2. The molecule has 1 aliphatic heterocycles. The molecule has 0 radical (unpaired) electrons. The minimum atomic E-state index is -0.360. The smallest absolute Gasteiger partial charge is 0.241 e. The van der Waals surface area contributed by atoms with E-state index in [1.165, 1.54) is 12.1 Å². The Kier molecular flexibility index (Phi) is 7.43. The van der Waals surface area contributed by atoms with E-state index in [1.54, 1.807) is 19.2 Å². The zero-order valence-electron chi connectivity index (χ0n) is 16.9. The van der Waals surface area contributed by atoms with Crippen molar-refractivity contribution in [2.75, 3.05) is 51.8 Å². The molecule has 0 bridgehead atoms. The van der Waals surface area contributed by atoms with Crippen molar-refractivity contribution < 1.29 is 18.7 Å². The number of halogens is 1. The second-order valence-electron chi connectivity index (χ2n) is 7.08. The summed E-state index contributed by atoms with van der Waals surface area (Å²) >= 11 is 0. The molecule has 156 valence electrons. The summed E-state index contributed by atoms with van der Waals surface area (Å²) in [7, 11) is 1.64. The molecule has 1 atom stereocenters. The molecule has 1 saturated heterocycles. The van der Waals surface area contributed by atoms with E-state index in [-0.39, 0.29) is 17.8 Å². The summed E-state index contributed by atoms with van der Waals surface area (Å²) in [5.74, 6) is 1.16. The van der Waals surface area contributed by atoms with Crippen LogP contribution in [0.4, 0.5) is 10.1 Å². The molecule has 0 saturated carbocycles. The third-order valence-electron chi connectivity index (χ3n) is 5.16. The second-order valence-corrected chi connectivity index (χ2v) is 7.08. The number of hydrogen-bond donors (Lipinski definition) is 1. The summed E-state index contributed by atoms with van der Waals surface area (Å²) in [6, 6.07) is 13.2. The number of amides is 1. The molecule has 3 rings (SSSR count). The van der Waals surface area contributed by atoms with E-state index in [0.29, 0.717) is 12.3 Å². The van der Waals surface area contributed by atoms with E-state index < -0.39 is 0 Å². The Morgan fingerprint density at radius 3 is 2.45 bits per heavy atom. The highest BCUT2D eigenvalue weighted by atomic mass is 19.1. The van der Waals surface area contributed by atoms with Gasteiger partial charge in [-0.1, -0.05) is 6.07 Å². The molecule has 2 aromatic rings. The van der Waals surface area contributed by atoms with Crippen LogP contribution in [-0.4, -0.2) is 68.2 Å². The van der Waals surface area contributed by atoms with E-state index >= 15 is 0 Å². The summed E-state index contributed by atoms with van der Waals surface area (Å²) in [6.45, 7) is 6.70. The number of carbonyl (C=O) groups excluding carboxylic acids is 1. The zero-order chi connectivity index (χ0) is 20.6. The number of nitrogens with zero attached hydrogens (tertiary/aromatic N) is 2. The van der Waals surface area contributed by atoms with Gasteiger partial charge in [0.15, 0.2) is 0 Å². The van der Waals surface area contributed by atoms with Crippen molar-refractivity contribution >= 4 is 11.6 Å². The SMILES string of the molecule is COc1ccc(OCCN2CCN([C@@H](C)C(=O)Nc3cccc(F)c3)CC2)cc1. The third kappa shape index (κ3) is 6.17. The molecular formula is C22H28FN3O3. The van der Waals surface area contributed by atoms with Gasteiger partial charge in [-0.05, 0) is 49.4 Å². The highest BCUT2D eigenvalue weighted by molar-refractivity contribution is 5.94. The molecule has 29 heavy (non-hydrogen) atoms. The van der Waals surface area contributed by atoms with Gasteiger partial charge in [0.25, 0.3) is 0 Å². The lowest BCUT2D eigenvalue weighted by molar-refractivity contribution is -0.121. The molecule has 0 unspecified atom stereocenters. The largest absolute Gasteiger partial charge is 0.497 e. The number of nitrogens with one attached hydrogen (secondary N) is 1. The van der Waals surface area contributed by atoms with Gasteiger partial charge in [-0.15, -0.1) is 0 Å². The topological polar surface area (TPSA) is 54.0 Å². The van der Waals surface area contributed by atoms with Gasteiger partial charge in [0.1, 0.15) is 23.9 Å². The first-order valence-corrected chi connectivity index (χ1v) is 9.85. The molecule has 1 aliphatic rings. The van der Waals surface area contributed by atoms with E-state index in [2.05, 4.69) is 15.1 Å². The first-order valence-electron chi connectivity index (χ1n) is 9.85. The Morgan fingerprint density at radius 2 is 1.79 bits per heavy atom. The molecule has 0 aliphatic carbocycles. The minimum absolute atomic E-state index is 0.119. The van der Waals surface area contributed by atoms with E-state index in [4.69, 9.17) is 9.47 Å². The molecule has 1 fully saturated rings. The Balaban J connectivity index is 1.38. The van der Waals surface area contributed by atoms with Gasteiger partial charge in [0.05, 0.1) is 13.2 Å². The first kappa shape index (κ1) is 21.1. The maximum atomic E-state index is 13.3. The van der Waals surface area contributed by atoms with Gasteiger partial charge in [-0.2, -0.15) is 0 Å². The van der Waals surface area contributed by atoms with Gasteiger partial charge in [-0.25, -0.2) is 4.39 Å². The molecule has 1 N–H and O–H groups in total. The van der Waals surface area contributed by atoms with Crippen LogP contribution in [0.3, 0.4) is 0 Å². The lowest BCUT2D eigenvalue weighted by Gasteiger charge is -2.37. The van der Waals surface area contributed by atoms with Gasteiger partial charge in [-0.3, -0.25) is 14.6 Å². The van der Waals surface area contributed by atoms with Crippen molar-refractivity contribution in [1.29, 1.82) is 0 Å². The van der Waals surface area contributed by atoms with Crippen LogP contribution >= 0.6 is 0 Å². The summed E-state index contributed by atoms with van der Waals surface area (Å²) in [5.41, 5.74) is 0.483. The van der Waals surface area contributed by atoms with Crippen LogP contribution in [0, 0.1) is 5.82 Å². The fourth-order valence-corrected chi connectivity index (χ4v) is 3.32. The van der Waals surface area contributed by atoms with Crippen LogP contribution < -0.4 is 14.8 Å². The van der Waals surface area contributed by atoms with E-state index in [0.717, 1.165) is 44.2 Å². The predicted molar refractivity (Wildman–Crippen MR) is 111 cm³/mol. The van der Waals surface area contributed by atoms with Crippen molar-refractivity contribution in [3.05, 3.63) is 54.3 Å². The van der Waals surface area contributed by atoms with Crippen LogP contribution in [-0.2, 0) is 4.79 Å². The third-order valence-corrected chi connectivity index (χ3v) is 5.16. The Hall–Kier alpha value is -2.64. The van der Waals surface area contributed by atoms with Gasteiger partial charge < -0.3 is 14.8 Å². The van der Waals surface area contributed by atoms with E-state index in [1.807, 2.05) is 31.2 Å². The average molecular weight is 401 g/mol. The molecular weight excluding hydrogens is 373 g/mol. The summed E-state index contributed by atoms with van der Waals surface area (Å²) in [6.07, 6.45) is 0. The Bertz CT molecular complexity index is 792. The number of anilines is 1. The van der Waals surface area contributed by atoms with Gasteiger partial charge in [0.2, 0.25) is 5.91 Å². The van der Waals surface area contributed by atoms with Crippen LogP contribution in [0.25, 0.3) is 0 Å². The second kappa shape index (κ2) is 10.2. The maximum Gasteiger partial charge on any atom is 0.241 e. The molecule has 1 amide bonds. The van der Waals surface area contributed by atoms with Crippen LogP contribution in [0.1, 0.15) is 6.92 Å². The summed E-state index contributed by atoms with van der Waals surface area (Å²) in [5, 5.41) is 2.79. The lowest BCUT2D eigenvalue weighted by atomic mass is 10.2. The summed E-state index contributed by atoms with van der Waals surface area (Å²) in [4.78, 5) is 16.9. The van der Waals surface area contributed by atoms with Crippen molar-refractivity contribution in [3.8, 4) is 11.5 Å². The monoisotopic (exact) mass is 401 g/mol. The highest BCUT2D eigenvalue weighted by Gasteiger charge is 2.25. The predicted octanol–water partition coefficient (Wildman–Crippen LogP) is 2.86. The van der Waals surface area contributed by atoms with Gasteiger partial charge >= 0.3 is 0 Å². The Morgan fingerprint density at radius 1 is 1.10 bits per heavy atom. The van der Waals surface area contributed by atoms with Crippen molar-refractivity contribution in [2.24, 2.45) is 0 Å². The Labute approximate surface area is 171 Å². The maximum absolute atomic E-state index is 13.3. The fourth-order valence-electron chi connectivity index (χ4n) is 3.32. The molecule has 0 spiro atoms. The van der Waals surface area contributed by atoms with E-state index in [9.17, 15) is 9.18 Å². The lowest BCUT2D eigenvalue weighted by Crippen LogP contribution is -2.53. The molecule has 0 aromatic heterocycles. The number of hydrogen-bond acceptors (Lipinski definition) is 5. The normalized spacial score (nSPS) is 16.2. The van der Waals surface area contributed by atoms with Crippen molar-refractivity contribution in [1.82, 2.24) is 9.80 Å². The number of carbonyl (C=O) groups is 1. The fraction of sp³-hybridized carbons (Fsp3) is 0.409. The standard InChI is InChI=1S/C22H28FN3O3/c1-17(22(27)24-19-5-3-4-18(23)16-19)26-12-10-25(11-13-26)14-15-29-21-8-6-20(28-2)7-9-21/h3-9,16-17H,10-15H2,1-2H3,(H,24,27)/t17-/m0/s1. The zero-order valence-corrected chi connectivity index (χ0v) is 16.9.